The van der Waals surface area contributed by atoms with Crippen LogP contribution in [-0.2, 0) is 10.0 Å². The van der Waals surface area contributed by atoms with E-state index in [0.29, 0.717) is 24.5 Å². The molecule has 126 valence electrons. The fourth-order valence-electron chi connectivity index (χ4n) is 2.64. The number of amides is 1. The third-order valence-electron chi connectivity index (χ3n) is 3.97. The Balaban J connectivity index is 1.72. The van der Waals surface area contributed by atoms with Crippen molar-refractivity contribution in [3.05, 3.63) is 54.2 Å². The maximum Gasteiger partial charge on any atom is 0.256 e. The minimum atomic E-state index is -3.50. The van der Waals surface area contributed by atoms with E-state index in [9.17, 15) is 13.2 Å². The Morgan fingerprint density at radius 2 is 1.71 bits per heavy atom. The minimum Gasteiger partial charge on any atom is -0.307 e. The molecular weight excluding hydrogens is 326 g/mol. The van der Waals surface area contributed by atoms with Crippen LogP contribution in [0.4, 0.5) is 5.82 Å². The lowest BCUT2D eigenvalue weighted by atomic mass is 10.2. The summed E-state index contributed by atoms with van der Waals surface area (Å²) in [7, 11) is -3.50. The smallest absolute Gasteiger partial charge is 0.256 e. The van der Waals surface area contributed by atoms with E-state index in [1.54, 1.807) is 24.3 Å². The zero-order valence-corrected chi connectivity index (χ0v) is 14.0. The van der Waals surface area contributed by atoms with Gasteiger partial charge in [0.05, 0.1) is 0 Å². The molecule has 0 atom stereocenters. The average Bonchev–Trinajstić information content (AvgIpc) is 2.63. The van der Waals surface area contributed by atoms with Crippen molar-refractivity contribution in [1.82, 2.24) is 9.29 Å². The predicted molar refractivity (Wildman–Crippen MR) is 91.2 cm³/mol. The van der Waals surface area contributed by atoms with E-state index in [1.807, 2.05) is 6.07 Å². The molecule has 0 unspecified atom stereocenters. The number of hydrogen-bond donors (Lipinski definition) is 1. The van der Waals surface area contributed by atoms with Gasteiger partial charge in [0.15, 0.2) is 0 Å². The van der Waals surface area contributed by atoms with Gasteiger partial charge in [-0.15, -0.1) is 0 Å². The van der Waals surface area contributed by atoms with Gasteiger partial charge in [-0.25, -0.2) is 13.4 Å². The SMILES string of the molecule is O=C(Nc1ccc(S(=O)(=O)N2CCCCC2)cn1)c1ccccc1. The van der Waals surface area contributed by atoms with Crippen LogP contribution in [0.1, 0.15) is 29.6 Å². The van der Waals surface area contributed by atoms with E-state index in [1.165, 1.54) is 22.6 Å². The van der Waals surface area contributed by atoms with Gasteiger partial charge in [-0.1, -0.05) is 24.6 Å². The number of nitrogens with one attached hydrogen (secondary N) is 1. The highest BCUT2D eigenvalue weighted by atomic mass is 32.2. The highest BCUT2D eigenvalue weighted by Crippen LogP contribution is 2.20. The average molecular weight is 345 g/mol. The van der Waals surface area contributed by atoms with E-state index in [4.69, 9.17) is 0 Å². The standard InChI is InChI=1S/C17H19N3O3S/c21-17(14-7-3-1-4-8-14)19-16-10-9-15(13-18-16)24(22,23)20-11-5-2-6-12-20/h1,3-4,7-10,13H,2,5-6,11-12H2,(H,18,19,21). The molecule has 6 nitrogen and oxygen atoms in total. The van der Waals surface area contributed by atoms with E-state index in [0.717, 1.165) is 19.3 Å². The van der Waals surface area contributed by atoms with Crippen LogP contribution >= 0.6 is 0 Å². The molecule has 1 aliphatic rings. The van der Waals surface area contributed by atoms with Crippen LogP contribution in [-0.4, -0.2) is 36.7 Å². The molecule has 1 aromatic heterocycles. The topological polar surface area (TPSA) is 79.4 Å². The first kappa shape index (κ1) is 16.6. The second-order valence-corrected chi connectivity index (χ2v) is 7.60. The van der Waals surface area contributed by atoms with Gasteiger partial charge in [-0.05, 0) is 37.1 Å². The molecule has 7 heteroatoms. The highest BCUT2D eigenvalue weighted by Gasteiger charge is 2.26. The molecule has 2 heterocycles. The van der Waals surface area contributed by atoms with Crippen molar-refractivity contribution in [2.75, 3.05) is 18.4 Å². The number of benzene rings is 1. The normalized spacial score (nSPS) is 15.8. The molecule has 2 aromatic rings. The van der Waals surface area contributed by atoms with Crippen LogP contribution < -0.4 is 5.32 Å². The number of hydrogen-bond acceptors (Lipinski definition) is 4. The fraction of sp³-hybridized carbons (Fsp3) is 0.294. The number of carbonyl (C=O) groups is 1. The molecule has 1 saturated heterocycles. The summed E-state index contributed by atoms with van der Waals surface area (Å²) >= 11 is 0. The van der Waals surface area contributed by atoms with Gasteiger partial charge >= 0.3 is 0 Å². The second-order valence-electron chi connectivity index (χ2n) is 5.66. The molecule has 1 fully saturated rings. The number of carbonyl (C=O) groups excluding carboxylic acids is 1. The van der Waals surface area contributed by atoms with Crippen molar-refractivity contribution >= 4 is 21.7 Å². The van der Waals surface area contributed by atoms with Crippen LogP contribution in [0.3, 0.4) is 0 Å². The van der Waals surface area contributed by atoms with Crippen molar-refractivity contribution < 1.29 is 13.2 Å². The number of sulfonamides is 1. The van der Waals surface area contributed by atoms with Crippen LogP contribution in [0.2, 0.25) is 0 Å². The van der Waals surface area contributed by atoms with Crippen molar-refractivity contribution in [1.29, 1.82) is 0 Å². The zero-order valence-electron chi connectivity index (χ0n) is 13.2. The summed E-state index contributed by atoms with van der Waals surface area (Å²) in [6.07, 6.45) is 4.13. The molecule has 1 aromatic carbocycles. The monoisotopic (exact) mass is 345 g/mol. The summed E-state index contributed by atoms with van der Waals surface area (Å²) in [5, 5.41) is 2.66. The summed E-state index contributed by atoms with van der Waals surface area (Å²) < 4.78 is 26.6. The van der Waals surface area contributed by atoms with Crippen molar-refractivity contribution in [2.45, 2.75) is 24.2 Å². The summed E-state index contributed by atoms with van der Waals surface area (Å²) in [5.41, 5.74) is 0.518. The Bertz CT molecular complexity index is 799. The highest BCUT2D eigenvalue weighted by molar-refractivity contribution is 7.89. The number of pyridine rings is 1. The lowest BCUT2D eigenvalue weighted by molar-refractivity contribution is 0.102. The second kappa shape index (κ2) is 7.11. The first-order valence-corrected chi connectivity index (χ1v) is 9.34. The predicted octanol–water partition coefficient (Wildman–Crippen LogP) is 2.51. The Kier molecular flexibility index (Phi) is 4.92. The maximum absolute atomic E-state index is 12.5. The Labute approximate surface area is 141 Å². The fourth-order valence-corrected chi connectivity index (χ4v) is 4.10. The molecular formula is C17H19N3O3S. The van der Waals surface area contributed by atoms with Crippen molar-refractivity contribution in [3.8, 4) is 0 Å². The molecule has 24 heavy (non-hydrogen) atoms. The molecule has 1 amide bonds. The Morgan fingerprint density at radius 1 is 1.00 bits per heavy atom. The summed E-state index contributed by atoms with van der Waals surface area (Å²) in [4.78, 5) is 16.3. The summed E-state index contributed by atoms with van der Waals surface area (Å²) in [6, 6.07) is 11.8. The maximum atomic E-state index is 12.5. The Morgan fingerprint density at radius 3 is 2.33 bits per heavy atom. The van der Waals surface area contributed by atoms with Crippen molar-refractivity contribution in [3.63, 3.8) is 0 Å². The number of anilines is 1. The third kappa shape index (κ3) is 3.63. The van der Waals surface area contributed by atoms with Crippen molar-refractivity contribution in [2.24, 2.45) is 0 Å². The number of nitrogens with zero attached hydrogens (tertiary/aromatic N) is 2. The number of rotatable bonds is 4. The van der Waals surface area contributed by atoms with Gasteiger partial charge in [0.25, 0.3) is 5.91 Å². The van der Waals surface area contributed by atoms with E-state index < -0.39 is 10.0 Å². The quantitative estimate of drug-likeness (QED) is 0.923. The van der Waals surface area contributed by atoms with Crippen LogP contribution in [0, 0.1) is 0 Å². The van der Waals surface area contributed by atoms with Gasteiger partial charge in [-0.2, -0.15) is 4.31 Å². The molecule has 0 bridgehead atoms. The minimum absolute atomic E-state index is 0.155. The van der Waals surface area contributed by atoms with Gasteiger partial charge in [0.1, 0.15) is 10.7 Å². The van der Waals surface area contributed by atoms with Crippen LogP contribution in [0.5, 0.6) is 0 Å². The molecule has 1 aliphatic heterocycles. The lowest BCUT2D eigenvalue weighted by Crippen LogP contribution is -2.35. The molecule has 0 spiro atoms. The van der Waals surface area contributed by atoms with Gasteiger partial charge in [0, 0.05) is 24.8 Å². The van der Waals surface area contributed by atoms with E-state index in [2.05, 4.69) is 10.3 Å². The third-order valence-corrected chi connectivity index (χ3v) is 5.85. The largest absolute Gasteiger partial charge is 0.307 e. The number of aromatic nitrogens is 1. The molecule has 0 saturated carbocycles. The molecule has 0 aliphatic carbocycles. The first-order valence-electron chi connectivity index (χ1n) is 7.90. The zero-order chi connectivity index (χ0) is 17.0. The van der Waals surface area contributed by atoms with E-state index >= 15 is 0 Å². The number of piperidine rings is 1. The summed E-state index contributed by atoms with van der Waals surface area (Å²) in [5.74, 6) is 0.0381. The van der Waals surface area contributed by atoms with Crippen LogP contribution in [0.25, 0.3) is 0 Å². The molecule has 3 rings (SSSR count). The summed E-state index contributed by atoms with van der Waals surface area (Å²) in [6.45, 7) is 1.10. The van der Waals surface area contributed by atoms with E-state index in [-0.39, 0.29) is 10.8 Å². The molecule has 0 radical (unpaired) electrons. The van der Waals surface area contributed by atoms with Crippen LogP contribution in [0.15, 0.2) is 53.6 Å². The lowest BCUT2D eigenvalue weighted by Gasteiger charge is -2.25. The van der Waals surface area contributed by atoms with Gasteiger partial charge < -0.3 is 5.32 Å². The van der Waals surface area contributed by atoms with Gasteiger partial charge in [0.2, 0.25) is 10.0 Å². The molecule has 1 N–H and O–H groups in total. The van der Waals surface area contributed by atoms with Gasteiger partial charge in [-0.3, -0.25) is 4.79 Å². The first-order chi connectivity index (χ1) is 11.6. The Hall–Kier alpha value is -2.25.